The molecule has 0 saturated carbocycles. The van der Waals surface area contributed by atoms with Gasteiger partial charge in [-0.1, -0.05) is 48.5 Å². The van der Waals surface area contributed by atoms with Gasteiger partial charge in [-0.05, 0) is 18.6 Å². The number of nitrogens with zero attached hydrogens (tertiary/aromatic N) is 2. The molecule has 0 amide bonds. The van der Waals surface area contributed by atoms with Crippen molar-refractivity contribution in [3.8, 4) is 16.9 Å². The van der Waals surface area contributed by atoms with E-state index in [2.05, 4.69) is 45.7 Å². The highest BCUT2D eigenvalue weighted by atomic mass is 127. The van der Waals surface area contributed by atoms with Crippen LogP contribution in [-0.4, -0.2) is 31.1 Å². The molecule has 0 atom stereocenters. The fourth-order valence-electron chi connectivity index (χ4n) is 2.64. The average Bonchev–Trinajstić information content (AvgIpc) is 3.13. The van der Waals surface area contributed by atoms with Gasteiger partial charge in [0.1, 0.15) is 17.4 Å². The number of thiazole rings is 1. The molecular formula is C21H25IN4OS. The Labute approximate surface area is 187 Å². The van der Waals surface area contributed by atoms with E-state index in [4.69, 9.17) is 4.74 Å². The zero-order valence-electron chi connectivity index (χ0n) is 16.0. The second-order valence-corrected chi connectivity index (χ2v) is 7.25. The quantitative estimate of drug-likeness (QED) is 0.214. The van der Waals surface area contributed by atoms with Crippen LogP contribution in [-0.2, 0) is 6.54 Å². The topological polar surface area (TPSA) is 58.5 Å². The van der Waals surface area contributed by atoms with Crippen molar-refractivity contribution in [2.24, 2.45) is 4.99 Å². The van der Waals surface area contributed by atoms with E-state index in [0.717, 1.165) is 27.8 Å². The van der Waals surface area contributed by atoms with Gasteiger partial charge in [0.15, 0.2) is 5.96 Å². The number of ether oxygens (including phenoxy) is 1. The number of halogens is 1. The fraction of sp³-hybridized carbons (Fsp3) is 0.238. The minimum absolute atomic E-state index is 0. The van der Waals surface area contributed by atoms with Crippen LogP contribution >= 0.6 is 35.3 Å². The lowest BCUT2D eigenvalue weighted by molar-refractivity contribution is 0.323. The summed E-state index contributed by atoms with van der Waals surface area (Å²) < 4.78 is 6.00. The Hall–Kier alpha value is -2.13. The molecule has 1 aromatic heterocycles. The molecule has 1 heterocycles. The van der Waals surface area contributed by atoms with Crippen LogP contribution in [0.1, 0.15) is 9.88 Å². The summed E-state index contributed by atoms with van der Waals surface area (Å²) in [5, 5.41) is 7.58. The van der Waals surface area contributed by atoms with E-state index in [-0.39, 0.29) is 24.0 Å². The number of rotatable bonds is 7. The third kappa shape index (κ3) is 6.49. The Morgan fingerprint density at radius 1 is 1.07 bits per heavy atom. The summed E-state index contributed by atoms with van der Waals surface area (Å²) in [6, 6.07) is 18.4. The standard InChI is InChI=1S/C21H24N4OS.HI/c1-16-14-24-20(27-16)15-25-21(22-2)23-12-13-26-19-11-7-6-10-18(19)17-8-4-3-5-9-17;/h3-11,14H,12-13,15H2,1-2H3,(H2,22,23,25);1H. The predicted octanol–water partition coefficient (Wildman–Crippen LogP) is 4.48. The summed E-state index contributed by atoms with van der Waals surface area (Å²) in [6.07, 6.45) is 1.88. The third-order valence-corrected chi connectivity index (χ3v) is 4.84. The normalized spacial score (nSPS) is 10.9. The Kier molecular flexibility index (Phi) is 9.22. The predicted molar refractivity (Wildman–Crippen MR) is 128 cm³/mol. The molecule has 148 valence electrons. The highest BCUT2D eigenvalue weighted by molar-refractivity contribution is 14.0. The Morgan fingerprint density at radius 2 is 1.82 bits per heavy atom. The summed E-state index contributed by atoms with van der Waals surface area (Å²) in [6.45, 7) is 3.91. The Balaban J connectivity index is 0.00000280. The van der Waals surface area contributed by atoms with Crippen molar-refractivity contribution in [3.05, 3.63) is 70.7 Å². The number of aryl methyl sites for hydroxylation is 1. The molecule has 2 aromatic carbocycles. The second-order valence-electron chi connectivity index (χ2n) is 5.93. The lowest BCUT2D eigenvalue weighted by atomic mass is 10.1. The van der Waals surface area contributed by atoms with Crippen LogP contribution in [0.4, 0.5) is 0 Å². The number of guanidine groups is 1. The van der Waals surface area contributed by atoms with Crippen molar-refractivity contribution in [2.75, 3.05) is 20.2 Å². The SMILES string of the molecule is CN=C(NCCOc1ccccc1-c1ccccc1)NCc1ncc(C)s1.I. The smallest absolute Gasteiger partial charge is 0.191 e. The maximum Gasteiger partial charge on any atom is 0.191 e. The highest BCUT2D eigenvalue weighted by Crippen LogP contribution is 2.29. The first kappa shape index (κ1) is 22.2. The van der Waals surface area contributed by atoms with E-state index < -0.39 is 0 Å². The molecule has 3 rings (SSSR count). The van der Waals surface area contributed by atoms with Crippen LogP contribution < -0.4 is 15.4 Å². The Morgan fingerprint density at radius 3 is 2.54 bits per heavy atom. The average molecular weight is 508 g/mol. The monoisotopic (exact) mass is 508 g/mol. The molecule has 5 nitrogen and oxygen atoms in total. The molecule has 0 unspecified atom stereocenters. The second kappa shape index (κ2) is 11.7. The molecule has 0 radical (unpaired) electrons. The van der Waals surface area contributed by atoms with Crippen molar-refractivity contribution in [2.45, 2.75) is 13.5 Å². The van der Waals surface area contributed by atoms with Gasteiger partial charge in [-0.2, -0.15) is 0 Å². The van der Waals surface area contributed by atoms with E-state index in [9.17, 15) is 0 Å². The van der Waals surface area contributed by atoms with Crippen LogP contribution in [0.2, 0.25) is 0 Å². The lowest BCUT2D eigenvalue weighted by Gasteiger charge is -2.14. The third-order valence-electron chi connectivity index (χ3n) is 3.92. The van der Waals surface area contributed by atoms with Gasteiger partial charge in [0.25, 0.3) is 0 Å². The van der Waals surface area contributed by atoms with Gasteiger partial charge in [-0.25, -0.2) is 4.98 Å². The van der Waals surface area contributed by atoms with Crippen molar-refractivity contribution in [1.82, 2.24) is 15.6 Å². The molecule has 28 heavy (non-hydrogen) atoms. The number of aromatic nitrogens is 1. The zero-order valence-corrected chi connectivity index (χ0v) is 19.2. The summed E-state index contributed by atoms with van der Waals surface area (Å²) in [5.74, 6) is 1.62. The largest absolute Gasteiger partial charge is 0.491 e. The van der Waals surface area contributed by atoms with Gasteiger partial charge in [-0.3, -0.25) is 4.99 Å². The molecule has 0 bridgehead atoms. The molecular weight excluding hydrogens is 483 g/mol. The molecule has 0 saturated heterocycles. The molecule has 0 aliphatic carbocycles. The summed E-state index contributed by atoms with van der Waals surface area (Å²) in [5.41, 5.74) is 2.25. The van der Waals surface area contributed by atoms with Gasteiger partial charge >= 0.3 is 0 Å². The van der Waals surface area contributed by atoms with E-state index in [1.54, 1.807) is 18.4 Å². The first-order valence-corrected chi connectivity index (χ1v) is 9.71. The molecule has 3 aromatic rings. The molecule has 0 aliphatic heterocycles. The number of nitrogens with one attached hydrogen (secondary N) is 2. The number of hydrogen-bond acceptors (Lipinski definition) is 4. The maximum atomic E-state index is 6.00. The molecule has 0 fully saturated rings. The first-order chi connectivity index (χ1) is 13.3. The lowest BCUT2D eigenvalue weighted by Crippen LogP contribution is -2.38. The van der Waals surface area contributed by atoms with Gasteiger partial charge in [0.2, 0.25) is 0 Å². The highest BCUT2D eigenvalue weighted by Gasteiger charge is 2.06. The molecule has 0 spiro atoms. The Bertz CT molecular complexity index is 883. The van der Waals surface area contributed by atoms with Crippen LogP contribution in [0.5, 0.6) is 5.75 Å². The van der Waals surface area contributed by atoms with Crippen LogP contribution in [0.25, 0.3) is 11.1 Å². The van der Waals surface area contributed by atoms with Crippen molar-refractivity contribution in [1.29, 1.82) is 0 Å². The zero-order chi connectivity index (χ0) is 18.9. The minimum atomic E-state index is 0. The van der Waals surface area contributed by atoms with E-state index >= 15 is 0 Å². The number of aliphatic imine (C=N–C) groups is 1. The molecule has 0 aliphatic rings. The van der Waals surface area contributed by atoms with Gasteiger partial charge < -0.3 is 15.4 Å². The van der Waals surface area contributed by atoms with Crippen molar-refractivity contribution in [3.63, 3.8) is 0 Å². The van der Waals surface area contributed by atoms with Crippen molar-refractivity contribution < 1.29 is 4.74 Å². The van der Waals surface area contributed by atoms with Crippen LogP contribution in [0, 0.1) is 6.92 Å². The summed E-state index contributed by atoms with van der Waals surface area (Å²) >= 11 is 1.68. The van der Waals surface area contributed by atoms with E-state index in [1.807, 2.05) is 42.6 Å². The molecule has 2 N–H and O–H groups in total. The molecule has 7 heteroatoms. The number of hydrogen-bond donors (Lipinski definition) is 2. The van der Waals surface area contributed by atoms with Gasteiger partial charge in [0, 0.05) is 23.7 Å². The summed E-state index contributed by atoms with van der Waals surface area (Å²) in [4.78, 5) is 9.79. The summed E-state index contributed by atoms with van der Waals surface area (Å²) in [7, 11) is 1.76. The maximum absolute atomic E-state index is 6.00. The van der Waals surface area contributed by atoms with Crippen molar-refractivity contribution >= 4 is 41.3 Å². The van der Waals surface area contributed by atoms with Crippen LogP contribution in [0.15, 0.2) is 65.8 Å². The number of para-hydroxylation sites is 1. The van der Waals surface area contributed by atoms with Gasteiger partial charge in [0.05, 0.1) is 13.1 Å². The van der Waals surface area contributed by atoms with Crippen LogP contribution in [0.3, 0.4) is 0 Å². The van der Waals surface area contributed by atoms with E-state index in [1.165, 1.54) is 4.88 Å². The fourth-order valence-corrected chi connectivity index (χ4v) is 3.37. The van der Waals surface area contributed by atoms with Gasteiger partial charge in [-0.15, -0.1) is 35.3 Å². The first-order valence-electron chi connectivity index (χ1n) is 8.89. The van der Waals surface area contributed by atoms with E-state index in [0.29, 0.717) is 19.7 Å². The minimum Gasteiger partial charge on any atom is -0.491 e. The number of benzene rings is 2.